The van der Waals surface area contributed by atoms with Crippen LogP contribution in [0.2, 0.25) is 0 Å². The highest BCUT2D eigenvalue weighted by Gasteiger charge is 2.10. The number of hydrogen-bond donors (Lipinski definition) is 1. The third-order valence-electron chi connectivity index (χ3n) is 1.75. The fourth-order valence-corrected chi connectivity index (χ4v) is 1.18. The zero-order valence-electron chi connectivity index (χ0n) is 7.87. The van der Waals surface area contributed by atoms with E-state index in [0.717, 1.165) is 0 Å². The van der Waals surface area contributed by atoms with Crippen LogP contribution in [-0.4, -0.2) is 25.1 Å². The number of halogens is 1. The predicted octanol–water partition coefficient (Wildman–Crippen LogP) is 1.63. The number of rotatable bonds is 4. The molecule has 1 amide bonds. The summed E-state index contributed by atoms with van der Waals surface area (Å²) in [6, 6.07) is 8.92. The van der Waals surface area contributed by atoms with E-state index in [0.29, 0.717) is 5.56 Å². The van der Waals surface area contributed by atoms with Gasteiger partial charge in [-0.05, 0) is 12.1 Å². The molecule has 14 heavy (non-hydrogen) atoms. The van der Waals surface area contributed by atoms with Crippen molar-refractivity contribution in [1.29, 1.82) is 0 Å². The summed E-state index contributed by atoms with van der Waals surface area (Å²) < 4.78 is 4.93. The molecule has 0 fully saturated rings. The van der Waals surface area contributed by atoms with Crippen LogP contribution in [-0.2, 0) is 4.74 Å². The van der Waals surface area contributed by atoms with Gasteiger partial charge in [0, 0.05) is 12.7 Å². The quantitative estimate of drug-likeness (QED) is 0.610. The average molecular weight is 214 g/mol. The topological polar surface area (TPSA) is 38.3 Å². The second-order valence-electron chi connectivity index (χ2n) is 2.72. The van der Waals surface area contributed by atoms with Crippen LogP contribution >= 0.6 is 11.6 Å². The van der Waals surface area contributed by atoms with E-state index in [1.54, 1.807) is 24.3 Å². The van der Waals surface area contributed by atoms with E-state index in [2.05, 4.69) is 5.32 Å². The van der Waals surface area contributed by atoms with Crippen molar-refractivity contribution in [3.05, 3.63) is 35.9 Å². The fraction of sp³-hybridized carbons (Fsp3) is 0.300. The number of ether oxygens (including phenoxy) is 1. The smallest absolute Gasteiger partial charge is 0.253 e. The van der Waals surface area contributed by atoms with Gasteiger partial charge in [0.1, 0.15) is 6.23 Å². The van der Waals surface area contributed by atoms with E-state index in [-0.39, 0.29) is 11.8 Å². The Hall–Kier alpha value is -1.06. The first kappa shape index (κ1) is 11.0. The van der Waals surface area contributed by atoms with Gasteiger partial charge in [-0.3, -0.25) is 4.79 Å². The number of benzene rings is 1. The zero-order valence-corrected chi connectivity index (χ0v) is 8.62. The van der Waals surface area contributed by atoms with Gasteiger partial charge in [0.25, 0.3) is 5.91 Å². The van der Waals surface area contributed by atoms with Gasteiger partial charge >= 0.3 is 0 Å². The molecule has 0 aromatic heterocycles. The monoisotopic (exact) mass is 213 g/mol. The van der Waals surface area contributed by atoms with Crippen molar-refractivity contribution >= 4 is 17.5 Å². The van der Waals surface area contributed by atoms with Crippen LogP contribution in [0.25, 0.3) is 0 Å². The van der Waals surface area contributed by atoms with Crippen molar-refractivity contribution < 1.29 is 9.53 Å². The summed E-state index contributed by atoms with van der Waals surface area (Å²) in [6.07, 6.45) is -0.440. The lowest BCUT2D eigenvalue weighted by molar-refractivity contribution is 0.0670. The molecule has 0 spiro atoms. The van der Waals surface area contributed by atoms with Gasteiger partial charge in [-0.2, -0.15) is 0 Å². The molecular weight excluding hydrogens is 202 g/mol. The molecule has 1 rings (SSSR count). The highest BCUT2D eigenvalue weighted by molar-refractivity contribution is 6.18. The molecule has 0 heterocycles. The SMILES string of the molecule is COC(CCl)NC(=O)c1ccccc1. The lowest BCUT2D eigenvalue weighted by Gasteiger charge is -2.13. The molecule has 0 aliphatic heterocycles. The number of methoxy groups -OCH3 is 1. The minimum absolute atomic E-state index is 0.182. The lowest BCUT2D eigenvalue weighted by Crippen LogP contribution is -2.37. The number of carbonyl (C=O) groups excluding carboxylic acids is 1. The first-order chi connectivity index (χ1) is 6.77. The minimum Gasteiger partial charge on any atom is -0.360 e. The van der Waals surface area contributed by atoms with Gasteiger partial charge in [0.2, 0.25) is 0 Å². The minimum atomic E-state index is -0.440. The van der Waals surface area contributed by atoms with Crippen molar-refractivity contribution in [1.82, 2.24) is 5.32 Å². The third kappa shape index (κ3) is 3.01. The van der Waals surface area contributed by atoms with Crippen LogP contribution in [0.3, 0.4) is 0 Å². The molecule has 4 heteroatoms. The van der Waals surface area contributed by atoms with Crippen molar-refractivity contribution in [2.45, 2.75) is 6.23 Å². The Balaban J connectivity index is 2.59. The molecule has 0 aliphatic rings. The summed E-state index contributed by atoms with van der Waals surface area (Å²) >= 11 is 5.56. The molecule has 0 bridgehead atoms. The largest absolute Gasteiger partial charge is 0.360 e. The molecule has 1 aromatic carbocycles. The van der Waals surface area contributed by atoms with Crippen molar-refractivity contribution in [2.75, 3.05) is 13.0 Å². The van der Waals surface area contributed by atoms with Gasteiger partial charge in [0.05, 0.1) is 5.88 Å². The Labute approximate surface area is 88.0 Å². The number of alkyl halides is 1. The van der Waals surface area contributed by atoms with E-state index < -0.39 is 6.23 Å². The van der Waals surface area contributed by atoms with Crippen molar-refractivity contribution in [3.8, 4) is 0 Å². The molecule has 1 unspecified atom stereocenters. The van der Waals surface area contributed by atoms with Gasteiger partial charge in [-0.1, -0.05) is 18.2 Å². The van der Waals surface area contributed by atoms with E-state index in [1.807, 2.05) is 6.07 Å². The van der Waals surface area contributed by atoms with E-state index in [9.17, 15) is 4.79 Å². The number of nitrogens with one attached hydrogen (secondary N) is 1. The molecule has 1 aromatic rings. The Bertz CT molecular complexity index is 285. The Morgan fingerprint density at radius 3 is 2.64 bits per heavy atom. The molecule has 1 N–H and O–H groups in total. The molecular formula is C10H12ClNO2. The van der Waals surface area contributed by atoms with Crippen LogP contribution in [0, 0.1) is 0 Å². The standard InChI is InChI=1S/C10H12ClNO2/c1-14-9(7-11)12-10(13)8-5-3-2-4-6-8/h2-6,9H,7H2,1H3,(H,12,13). The molecule has 76 valence electrons. The lowest BCUT2D eigenvalue weighted by atomic mass is 10.2. The van der Waals surface area contributed by atoms with Gasteiger partial charge in [-0.15, -0.1) is 11.6 Å². The maximum absolute atomic E-state index is 11.5. The Morgan fingerprint density at radius 1 is 1.50 bits per heavy atom. The van der Waals surface area contributed by atoms with Crippen LogP contribution < -0.4 is 5.32 Å². The van der Waals surface area contributed by atoms with Crippen molar-refractivity contribution in [3.63, 3.8) is 0 Å². The molecule has 0 radical (unpaired) electrons. The van der Waals surface area contributed by atoms with E-state index in [4.69, 9.17) is 16.3 Å². The predicted molar refractivity (Wildman–Crippen MR) is 55.4 cm³/mol. The summed E-state index contributed by atoms with van der Waals surface area (Å²) in [5.74, 6) is 0.0489. The maximum atomic E-state index is 11.5. The van der Waals surface area contributed by atoms with E-state index in [1.165, 1.54) is 7.11 Å². The van der Waals surface area contributed by atoms with Crippen LogP contribution in [0.15, 0.2) is 30.3 Å². The average Bonchev–Trinajstić information content (AvgIpc) is 2.26. The number of hydrogen-bond acceptors (Lipinski definition) is 2. The highest BCUT2D eigenvalue weighted by atomic mass is 35.5. The summed E-state index contributed by atoms with van der Waals surface area (Å²) in [5, 5.41) is 2.64. The maximum Gasteiger partial charge on any atom is 0.253 e. The third-order valence-corrected chi connectivity index (χ3v) is 2.03. The van der Waals surface area contributed by atoms with Crippen LogP contribution in [0.5, 0.6) is 0 Å². The zero-order chi connectivity index (χ0) is 10.4. The van der Waals surface area contributed by atoms with Gasteiger partial charge < -0.3 is 10.1 Å². The highest BCUT2D eigenvalue weighted by Crippen LogP contribution is 1.99. The summed E-state index contributed by atoms with van der Waals surface area (Å²) in [7, 11) is 1.50. The van der Waals surface area contributed by atoms with Crippen LogP contribution in [0.4, 0.5) is 0 Å². The Morgan fingerprint density at radius 2 is 2.14 bits per heavy atom. The molecule has 3 nitrogen and oxygen atoms in total. The van der Waals surface area contributed by atoms with Crippen LogP contribution in [0.1, 0.15) is 10.4 Å². The second-order valence-corrected chi connectivity index (χ2v) is 3.03. The van der Waals surface area contributed by atoms with Crippen molar-refractivity contribution in [2.24, 2.45) is 0 Å². The van der Waals surface area contributed by atoms with Gasteiger partial charge in [-0.25, -0.2) is 0 Å². The summed E-state index contributed by atoms with van der Waals surface area (Å²) in [5.41, 5.74) is 0.597. The second kappa shape index (κ2) is 5.62. The molecule has 1 atom stereocenters. The van der Waals surface area contributed by atoms with E-state index >= 15 is 0 Å². The summed E-state index contributed by atoms with van der Waals surface area (Å²) in [6.45, 7) is 0. The fourth-order valence-electron chi connectivity index (χ4n) is 0.980. The van der Waals surface area contributed by atoms with Gasteiger partial charge in [0.15, 0.2) is 0 Å². The normalized spacial score (nSPS) is 12.1. The first-order valence-corrected chi connectivity index (χ1v) is 4.76. The number of carbonyl (C=O) groups is 1. The molecule has 0 aliphatic carbocycles. The molecule has 0 saturated carbocycles. The number of amides is 1. The Kier molecular flexibility index (Phi) is 4.43. The first-order valence-electron chi connectivity index (χ1n) is 4.22. The molecule has 0 saturated heterocycles. The summed E-state index contributed by atoms with van der Waals surface area (Å²) in [4.78, 5) is 11.5.